The van der Waals surface area contributed by atoms with Crippen molar-refractivity contribution in [2.75, 3.05) is 0 Å². The van der Waals surface area contributed by atoms with Crippen LogP contribution in [-0.2, 0) is 16.0 Å². The lowest BCUT2D eigenvalue weighted by Crippen LogP contribution is -2.32. The molecule has 1 heterocycles. The molecule has 74 valence electrons. The molecule has 0 bridgehead atoms. The fourth-order valence-electron chi connectivity index (χ4n) is 1.63. The Labute approximate surface area is 83.1 Å². The van der Waals surface area contributed by atoms with Crippen LogP contribution in [0.25, 0.3) is 0 Å². The number of hydrogen-bond acceptors (Lipinski definition) is 3. The molecule has 1 aromatic rings. The molecule has 14 heavy (non-hydrogen) atoms. The van der Waals surface area contributed by atoms with Crippen molar-refractivity contribution in [3.63, 3.8) is 0 Å². The van der Waals surface area contributed by atoms with E-state index in [0.717, 1.165) is 5.56 Å². The zero-order valence-electron chi connectivity index (χ0n) is 8.07. The summed E-state index contributed by atoms with van der Waals surface area (Å²) in [6, 6.07) is 9.74. The molecule has 0 amide bonds. The number of esters is 1. The highest BCUT2D eigenvalue weighted by atomic mass is 16.6. The zero-order valence-corrected chi connectivity index (χ0v) is 8.07. The first-order valence-corrected chi connectivity index (χ1v) is 4.76. The maximum atomic E-state index is 11.3. The summed E-state index contributed by atoms with van der Waals surface area (Å²) in [5.74, 6) is -0.152. The van der Waals surface area contributed by atoms with E-state index in [-0.39, 0.29) is 18.2 Å². The molecule has 2 rings (SSSR count). The number of nitrogens with one attached hydrogen (secondary N) is 1. The fraction of sp³-hybridized carbons (Fsp3) is 0.364. The number of ether oxygens (including phenoxy) is 1. The highest BCUT2D eigenvalue weighted by Gasteiger charge is 2.30. The largest absolute Gasteiger partial charge is 0.446 e. The van der Waals surface area contributed by atoms with Gasteiger partial charge in [-0.15, -0.1) is 0 Å². The molecule has 1 N–H and O–H groups in total. The third-order valence-corrected chi connectivity index (χ3v) is 2.30. The summed E-state index contributed by atoms with van der Waals surface area (Å²) in [5.41, 5.74) is 1.15. The molecule has 0 radical (unpaired) electrons. The van der Waals surface area contributed by atoms with Gasteiger partial charge in [-0.3, -0.25) is 10.1 Å². The quantitative estimate of drug-likeness (QED) is 0.711. The molecule has 3 nitrogen and oxygen atoms in total. The highest BCUT2D eigenvalue weighted by Crippen LogP contribution is 2.10. The molecular formula is C11H13NO2. The Kier molecular flexibility index (Phi) is 2.50. The van der Waals surface area contributed by atoms with E-state index in [1.807, 2.05) is 37.3 Å². The van der Waals surface area contributed by atoms with Gasteiger partial charge in [0.25, 0.3) is 0 Å². The van der Waals surface area contributed by atoms with Crippen molar-refractivity contribution < 1.29 is 9.53 Å². The average molecular weight is 191 g/mol. The van der Waals surface area contributed by atoms with E-state index in [0.29, 0.717) is 6.42 Å². The Hall–Kier alpha value is -1.35. The normalized spacial score (nSPS) is 26.2. The van der Waals surface area contributed by atoms with Crippen LogP contribution in [0.3, 0.4) is 0 Å². The molecule has 1 aromatic carbocycles. The van der Waals surface area contributed by atoms with Crippen LogP contribution in [0.1, 0.15) is 12.5 Å². The molecule has 2 unspecified atom stereocenters. The van der Waals surface area contributed by atoms with Gasteiger partial charge in [0.2, 0.25) is 0 Å². The summed E-state index contributed by atoms with van der Waals surface area (Å²) in [5, 5.41) is 3.08. The van der Waals surface area contributed by atoms with Crippen molar-refractivity contribution in [2.45, 2.75) is 25.6 Å². The van der Waals surface area contributed by atoms with Crippen LogP contribution in [0.5, 0.6) is 0 Å². The van der Waals surface area contributed by atoms with Crippen LogP contribution in [0.15, 0.2) is 30.3 Å². The van der Waals surface area contributed by atoms with Crippen molar-refractivity contribution in [1.29, 1.82) is 0 Å². The Morgan fingerprint density at radius 2 is 2.07 bits per heavy atom. The van der Waals surface area contributed by atoms with Crippen molar-refractivity contribution >= 4 is 5.97 Å². The second kappa shape index (κ2) is 3.80. The van der Waals surface area contributed by atoms with Crippen molar-refractivity contribution in [3.05, 3.63) is 35.9 Å². The SMILES string of the molecule is CC1NC(Cc2ccccc2)C(=O)O1. The number of carbonyl (C=O) groups is 1. The van der Waals surface area contributed by atoms with Gasteiger partial charge in [0.05, 0.1) is 0 Å². The summed E-state index contributed by atoms with van der Waals surface area (Å²) >= 11 is 0. The molecular weight excluding hydrogens is 178 g/mol. The van der Waals surface area contributed by atoms with Crippen molar-refractivity contribution in [1.82, 2.24) is 5.32 Å². The topological polar surface area (TPSA) is 38.3 Å². The minimum absolute atomic E-state index is 0.152. The average Bonchev–Trinajstić information content (AvgIpc) is 2.47. The van der Waals surface area contributed by atoms with Gasteiger partial charge in [-0.1, -0.05) is 30.3 Å². The summed E-state index contributed by atoms with van der Waals surface area (Å²) in [6.45, 7) is 1.84. The van der Waals surface area contributed by atoms with Crippen molar-refractivity contribution in [3.8, 4) is 0 Å². The van der Waals surface area contributed by atoms with Gasteiger partial charge in [0, 0.05) is 0 Å². The molecule has 0 spiro atoms. The number of hydrogen-bond donors (Lipinski definition) is 1. The van der Waals surface area contributed by atoms with Gasteiger partial charge < -0.3 is 4.74 Å². The Balaban J connectivity index is 2.02. The molecule has 0 aliphatic carbocycles. The number of cyclic esters (lactones) is 1. The second-order valence-electron chi connectivity index (χ2n) is 3.49. The van der Waals surface area contributed by atoms with E-state index < -0.39 is 0 Å². The Bertz CT molecular complexity index is 323. The van der Waals surface area contributed by atoms with E-state index in [1.54, 1.807) is 0 Å². The first-order valence-electron chi connectivity index (χ1n) is 4.76. The molecule has 3 heteroatoms. The van der Waals surface area contributed by atoms with Crippen LogP contribution < -0.4 is 5.32 Å². The Morgan fingerprint density at radius 1 is 1.36 bits per heavy atom. The van der Waals surface area contributed by atoms with Crippen LogP contribution in [-0.4, -0.2) is 18.2 Å². The van der Waals surface area contributed by atoms with Crippen LogP contribution in [0, 0.1) is 0 Å². The predicted octanol–water partition coefficient (Wildman–Crippen LogP) is 1.09. The highest BCUT2D eigenvalue weighted by molar-refractivity contribution is 5.78. The lowest BCUT2D eigenvalue weighted by atomic mass is 10.1. The molecule has 1 fully saturated rings. The molecule has 2 atom stereocenters. The summed E-state index contributed by atoms with van der Waals surface area (Å²) in [4.78, 5) is 11.3. The van der Waals surface area contributed by atoms with E-state index in [9.17, 15) is 4.79 Å². The van der Waals surface area contributed by atoms with Crippen molar-refractivity contribution in [2.24, 2.45) is 0 Å². The monoisotopic (exact) mass is 191 g/mol. The summed E-state index contributed by atoms with van der Waals surface area (Å²) in [6.07, 6.45) is 0.542. The lowest BCUT2D eigenvalue weighted by molar-refractivity contribution is -0.141. The van der Waals surface area contributed by atoms with E-state index in [2.05, 4.69) is 5.32 Å². The van der Waals surface area contributed by atoms with E-state index in [4.69, 9.17) is 4.74 Å². The molecule has 0 aromatic heterocycles. The molecule has 0 saturated carbocycles. The van der Waals surface area contributed by atoms with Gasteiger partial charge in [-0.05, 0) is 18.9 Å². The smallest absolute Gasteiger partial charge is 0.325 e. The third kappa shape index (κ3) is 1.93. The maximum absolute atomic E-state index is 11.3. The third-order valence-electron chi connectivity index (χ3n) is 2.30. The van der Waals surface area contributed by atoms with Gasteiger partial charge in [-0.2, -0.15) is 0 Å². The lowest BCUT2D eigenvalue weighted by Gasteiger charge is -2.05. The van der Waals surface area contributed by atoms with Gasteiger partial charge in [0.1, 0.15) is 6.04 Å². The molecule has 1 aliphatic rings. The number of carbonyl (C=O) groups excluding carboxylic acids is 1. The van der Waals surface area contributed by atoms with E-state index in [1.165, 1.54) is 0 Å². The number of benzene rings is 1. The Morgan fingerprint density at radius 3 is 2.64 bits per heavy atom. The first-order chi connectivity index (χ1) is 6.75. The van der Waals surface area contributed by atoms with Gasteiger partial charge in [-0.25, -0.2) is 0 Å². The first kappa shape index (κ1) is 9.21. The standard InChI is InChI=1S/C11H13NO2/c1-8-12-10(11(13)14-8)7-9-5-3-2-4-6-9/h2-6,8,10,12H,7H2,1H3. The van der Waals surface area contributed by atoms with Gasteiger partial charge >= 0.3 is 5.97 Å². The van der Waals surface area contributed by atoms with Crippen LogP contribution >= 0.6 is 0 Å². The van der Waals surface area contributed by atoms with Crippen LogP contribution in [0.4, 0.5) is 0 Å². The predicted molar refractivity (Wildman–Crippen MR) is 52.6 cm³/mol. The summed E-state index contributed by atoms with van der Waals surface area (Å²) < 4.78 is 5.00. The minimum Gasteiger partial charge on any atom is -0.446 e. The summed E-state index contributed by atoms with van der Waals surface area (Å²) in [7, 11) is 0. The second-order valence-corrected chi connectivity index (χ2v) is 3.49. The molecule has 1 aliphatic heterocycles. The maximum Gasteiger partial charge on any atom is 0.325 e. The number of rotatable bonds is 2. The fourth-order valence-corrected chi connectivity index (χ4v) is 1.63. The zero-order chi connectivity index (χ0) is 9.97. The van der Waals surface area contributed by atoms with E-state index >= 15 is 0 Å². The van der Waals surface area contributed by atoms with Gasteiger partial charge in [0.15, 0.2) is 6.23 Å². The molecule has 1 saturated heterocycles. The van der Waals surface area contributed by atoms with Crippen LogP contribution in [0.2, 0.25) is 0 Å². The minimum atomic E-state index is -0.188.